The number of carbonyl (C=O) groups excluding carboxylic acids is 1. The molecule has 0 aliphatic heterocycles. The van der Waals surface area contributed by atoms with Gasteiger partial charge in [-0.3, -0.25) is 4.79 Å². The van der Waals surface area contributed by atoms with Crippen molar-refractivity contribution < 1.29 is 18.0 Å². The third-order valence-electron chi connectivity index (χ3n) is 3.51. The van der Waals surface area contributed by atoms with Crippen LogP contribution in [0.15, 0.2) is 66.7 Å². The number of anilines is 1. The molecule has 0 unspecified atom stereocenters. The smallest absolute Gasteiger partial charge is 0.321 e. The Bertz CT molecular complexity index is 866. The van der Waals surface area contributed by atoms with Crippen LogP contribution in [0.1, 0.15) is 15.9 Å². The number of carbonyl (C=O) groups is 1. The number of rotatable bonds is 2. The van der Waals surface area contributed by atoms with Crippen molar-refractivity contribution in [1.82, 2.24) is 0 Å². The Kier molecular flexibility index (Phi) is 3.78. The van der Waals surface area contributed by atoms with Crippen LogP contribution in [-0.4, -0.2) is 5.91 Å². The fourth-order valence-electron chi connectivity index (χ4n) is 2.45. The van der Waals surface area contributed by atoms with Crippen LogP contribution in [-0.2, 0) is 6.18 Å². The number of hydrogen-bond donors (Lipinski definition) is 1. The van der Waals surface area contributed by atoms with Crippen LogP contribution in [0.2, 0.25) is 0 Å². The molecule has 0 aromatic heterocycles. The maximum atomic E-state index is 13.0. The summed E-state index contributed by atoms with van der Waals surface area (Å²) in [4.78, 5) is 12.4. The van der Waals surface area contributed by atoms with Gasteiger partial charge in [-0.1, -0.05) is 48.5 Å². The normalized spacial score (nSPS) is 11.4. The van der Waals surface area contributed by atoms with Crippen LogP contribution in [0.5, 0.6) is 0 Å². The van der Waals surface area contributed by atoms with Gasteiger partial charge in [-0.05, 0) is 29.0 Å². The molecule has 0 heterocycles. The van der Waals surface area contributed by atoms with Crippen molar-refractivity contribution in [1.29, 1.82) is 0 Å². The lowest BCUT2D eigenvalue weighted by Gasteiger charge is -2.14. The molecule has 0 atom stereocenters. The zero-order chi connectivity index (χ0) is 16.4. The standard InChI is InChI=1S/C18H12F3NO/c19-18(20,21)15-10-3-4-11-16(15)22-17(23)14-9-5-7-12-6-1-2-8-13(12)14/h1-11H,(H,22,23). The summed E-state index contributed by atoms with van der Waals surface area (Å²) in [6.07, 6.45) is -4.53. The Morgan fingerprint density at radius 2 is 1.48 bits per heavy atom. The Labute approximate surface area is 130 Å². The number of alkyl halides is 3. The van der Waals surface area contributed by atoms with Crippen molar-refractivity contribution in [3.63, 3.8) is 0 Å². The Hall–Kier alpha value is -2.82. The lowest BCUT2D eigenvalue weighted by molar-refractivity contribution is -0.136. The lowest BCUT2D eigenvalue weighted by Crippen LogP contribution is -2.16. The highest BCUT2D eigenvalue weighted by Crippen LogP contribution is 2.34. The molecule has 1 N–H and O–H groups in total. The molecular weight excluding hydrogens is 303 g/mol. The number of halogens is 3. The summed E-state index contributed by atoms with van der Waals surface area (Å²) < 4.78 is 39.0. The first kappa shape index (κ1) is 15.1. The quantitative estimate of drug-likeness (QED) is 0.699. The van der Waals surface area contributed by atoms with Gasteiger partial charge in [0.15, 0.2) is 0 Å². The maximum Gasteiger partial charge on any atom is 0.418 e. The van der Waals surface area contributed by atoms with Crippen molar-refractivity contribution in [2.75, 3.05) is 5.32 Å². The molecule has 1 amide bonds. The van der Waals surface area contributed by atoms with Crippen molar-refractivity contribution in [2.45, 2.75) is 6.18 Å². The summed E-state index contributed by atoms with van der Waals surface area (Å²) in [6, 6.07) is 17.3. The van der Waals surface area contributed by atoms with E-state index in [0.29, 0.717) is 10.9 Å². The Morgan fingerprint density at radius 1 is 0.826 bits per heavy atom. The first-order valence-electron chi connectivity index (χ1n) is 6.92. The monoisotopic (exact) mass is 315 g/mol. The van der Waals surface area contributed by atoms with E-state index in [0.717, 1.165) is 11.5 Å². The molecule has 0 fully saturated rings. The first-order valence-corrected chi connectivity index (χ1v) is 6.92. The van der Waals surface area contributed by atoms with E-state index in [1.54, 1.807) is 24.3 Å². The van der Waals surface area contributed by atoms with Crippen LogP contribution >= 0.6 is 0 Å². The fourth-order valence-corrected chi connectivity index (χ4v) is 2.45. The van der Waals surface area contributed by atoms with Crippen molar-refractivity contribution >= 4 is 22.4 Å². The number of hydrogen-bond acceptors (Lipinski definition) is 1. The minimum Gasteiger partial charge on any atom is -0.321 e. The van der Waals surface area contributed by atoms with E-state index in [2.05, 4.69) is 5.32 Å². The molecule has 2 nitrogen and oxygen atoms in total. The summed E-state index contributed by atoms with van der Waals surface area (Å²) in [6.45, 7) is 0. The summed E-state index contributed by atoms with van der Waals surface area (Å²) in [5.74, 6) is -0.571. The van der Waals surface area contributed by atoms with Crippen LogP contribution in [0.4, 0.5) is 18.9 Å². The molecule has 23 heavy (non-hydrogen) atoms. The third kappa shape index (κ3) is 3.04. The van der Waals surface area contributed by atoms with Gasteiger partial charge in [-0.15, -0.1) is 0 Å². The molecule has 0 bridgehead atoms. The lowest BCUT2D eigenvalue weighted by atomic mass is 10.0. The van der Waals surface area contributed by atoms with E-state index in [9.17, 15) is 18.0 Å². The molecular formula is C18H12F3NO. The highest BCUT2D eigenvalue weighted by molar-refractivity contribution is 6.13. The van der Waals surface area contributed by atoms with E-state index in [-0.39, 0.29) is 5.69 Å². The van der Waals surface area contributed by atoms with Gasteiger partial charge >= 0.3 is 6.18 Å². The fraction of sp³-hybridized carbons (Fsp3) is 0.0556. The number of nitrogens with one attached hydrogen (secondary N) is 1. The summed E-state index contributed by atoms with van der Waals surface area (Å²) in [5, 5.41) is 3.91. The highest BCUT2D eigenvalue weighted by atomic mass is 19.4. The van der Waals surface area contributed by atoms with E-state index in [1.165, 1.54) is 18.2 Å². The van der Waals surface area contributed by atoms with Gasteiger partial charge in [-0.2, -0.15) is 13.2 Å². The van der Waals surface area contributed by atoms with E-state index in [1.807, 2.05) is 18.2 Å². The average Bonchev–Trinajstić information content (AvgIpc) is 2.54. The predicted molar refractivity (Wildman–Crippen MR) is 83.3 cm³/mol. The van der Waals surface area contributed by atoms with E-state index < -0.39 is 17.6 Å². The molecule has 116 valence electrons. The average molecular weight is 315 g/mol. The van der Waals surface area contributed by atoms with Gasteiger partial charge in [-0.25, -0.2) is 0 Å². The zero-order valence-electron chi connectivity index (χ0n) is 11.9. The minimum absolute atomic E-state index is 0.252. The summed E-state index contributed by atoms with van der Waals surface area (Å²) in [5.41, 5.74) is -0.786. The number of para-hydroxylation sites is 1. The van der Waals surface area contributed by atoms with Crippen LogP contribution in [0, 0.1) is 0 Å². The Balaban J connectivity index is 2.00. The van der Waals surface area contributed by atoms with Crippen molar-refractivity contribution in [3.8, 4) is 0 Å². The van der Waals surface area contributed by atoms with Gasteiger partial charge in [0.25, 0.3) is 5.91 Å². The number of benzene rings is 3. The second-order valence-electron chi connectivity index (χ2n) is 5.02. The van der Waals surface area contributed by atoms with Gasteiger partial charge in [0, 0.05) is 5.56 Å². The molecule has 0 saturated carbocycles. The topological polar surface area (TPSA) is 29.1 Å². The number of amides is 1. The summed E-state index contributed by atoms with van der Waals surface area (Å²) in [7, 11) is 0. The molecule has 3 rings (SSSR count). The van der Waals surface area contributed by atoms with Gasteiger partial charge in [0.2, 0.25) is 0 Å². The summed E-state index contributed by atoms with van der Waals surface area (Å²) >= 11 is 0. The molecule has 0 saturated heterocycles. The molecule has 0 radical (unpaired) electrons. The largest absolute Gasteiger partial charge is 0.418 e. The highest BCUT2D eigenvalue weighted by Gasteiger charge is 2.33. The SMILES string of the molecule is O=C(Nc1ccccc1C(F)(F)F)c1cccc2ccccc12. The Morgan fingerprint density at radius 3 is 2.26 bits per heavy atom. The molecule has 0 aliphatic carbocycles. The third-order valence-corrected chi connectivity index (χ3v) is 3.51. The van der Waals surface area contributed by atoms with Crippen LogP contribution < -0.4 is 5.32 Å². The maximum absolute atomic E-state index is 13.0. The molecule has 3 aromatic carbocycles. The van der Waals surface area contributed by atoms with E-state index >= 15 is 0 Å². The van der Waals surface area contributed by atoms with Gasteiger partial charge < -0.3 is 5.32 Å². The van der Waals surface area contributed by atoms with Crippen LogP contribution in [0.3, 0.4) is 0 Å². The minimum atomic E-state index is -4.53. The van der Waals surface area contributed by atoms with Crippen molar-refractivity contribution in [2.24, 2.45) is 0 Å². The van der Waals surface area contributed by atoms with Crippen molar-refractivity contribution in [3.05, 3.63) is 77.9 Å². The van der Waals surface area contributed by atoms with Gasteiger partial charge in [0.1, 0.15) is 0 Å². The molecule has 0 aliphatic rings. The predicted octanol–water partition coefficient (Wildman–Crippen LogP) is 5.11. The van der Waals surface area contributed by atoms with E-state index in [4.69, 9.17) is 0 Å². The number of fused-ring (bicyclic) bond motifs is 1. The van der Waals surface area contributed by atoms with Crippen LogP contribution in [0.25, 0.3) is 10.8 Å². The molecule has 0 spiro atoms. The van der Waals surface area contributed by atoms with Gasteiger partial charge in [0.05, 0.1) is 11.3 Å². The first-order chi connectivity index (χ1) is 11.0. The second-order valence-corrected chi connectivity index (χ2v) is 5.02. The molecule has 5 heteroatoms. The molecule has 3 aromatic rings. The zero-order valence-corrected chi connectivity index (χ0v) is 11.9. The second kappa shape index (κ2) is 5.76.